The number of nitrogens with zero attached hydrogens (tertiary/aromatic N) is 5. The second kappa shape index (κ2) is 9.64. The molecule has 0 atom stereocenters. The van der Waals surface area contributed by atoms with Crippen LogP contribution in [0.5, 0.6) is 0 Å². The van der Waals surface area contributed by atoms with E-state index in [9.17, 15) is 15.2 Å². The molecule has 9 heteroatoms. The van der Waals surface area contributed by atoms with Gasteiger partial charge in [-0.25, -0.2) is 14.8 Å². The summed E-state index contributed by atoms with van der Waals surface area (Å²) in [5, 5.41) is 28.6. The van der Waals surface area contributed by atoms with Crippen molar-refractivity contribution in [3.8, 4) is 28.5 Å². The summed E-state index contributed by atoms with van der Waals surface area (Å²) in [5.41, 5.74) is 4.63. The first-order valence-corrected chi connectivity index (χ1v) is 13.9. The van der Waals surface area contributed by atoms with Crippen molar-refractivity contribution in [2.75, 3.05) is 0 Å². The first-order valence-electron chi connectivity index (χ1n) is 13.9. The SMILES string of the molecule is Cc1cc2ncc3cc(-c4cccc(C#N)c4)c(-c4ccc([C@]5(NC(=O)OC(C)(C)C)C[C@](C)(O)C5)cc4)nc3n2n1. The van der Waals surface area contributed by atoms with E-state index in [1.54, 1.807) is 23.7 Å². The average Bonchev–Trinajstić information content (AvgIpc) is 3.31. The highest BCUT2D eigenvalue weighted by Crippen LogP contribution is 2.48. The molecule has 3 aromatic heterocycles. The molecule has 1 aliphatic rings. The molecule has 2 aromatic carbocycles. The van der Waals surface area contributed by atoms with E-state index in [0.29, 0.717) is 29.7 Å². The molecule has 1 aliphatic carbocycles. The highest BCUT2D eigenvalue weighted by atomic mass is 16.6. The smallest absolute Gasteiger partial charge is 0.408 e. The zero-order chi connectivity index (χ0) is 29.9. The number of nitriles is 1. The van der Waals surface area contributed by atoms with Crippen LogP contribution in [0.2, 0.25) is 0 Å². The summed E-state index contributed by atoms with van der Waals surface area (Å²) in [6, 6.07) is 21.5. The predicted molar refractivity (Wildman–Crippen MR) is 160 cm³/mol. The molecular formula is C33H32N6O3. The number of pyridine rings is 1. The first-order chi connectivity index (χ1) is 19.8. The standard InChI is InChI=1S/C33H32N6O3/c1-20-13-27-35-17-24-15-26(23-8-6-7-21(14-23)16-34)28(36-29(24)39(27)38-20)22-9-11-25(12-10-22)33(18-32(5,41)19-33)37-30(40)42-31(2,3)4/h6-15,17,41H,18-19H2,1-5H3,(H,37,40)/t32-,33-. The fourth-order valence-electron chi connectivity index (χ4n) is 5.91. The fraction of sp³-hybridized carbons (Fsp3) is 0.303. The van der Waals surface area contributed by atoms with Gasteiger partial charge in [0.25, 0.3) is 0 Å². The molecule has 212 valence electrons. The number of nitrogens with one attached hydrogen (secondary N) is 1. The van der Waals surface area contributed by atoms with Gasteiger partial charge in [0.05, 0.1) is 34.2 Å². The van der Waals surface area contributed by atoms with E-state index in [4.69, 9.17) is 9.72 Å². The molecule has 0 aliphatic heterocycles. The molecule has 2 N–H and O–H groups in total. The van der Waals surface area contributed by atoms with Crippen molar-refractivity contribution < 1.29 is 14.6 Å². The maximum absolute atomic E-state index is 12.8. The van der Waals surface area contributed by atoms with Gasteiger partial charge in [-0.3, -0.25) is 0 Å². The summed E-state index contributed by atoms with van der Waals surface area (Å²) in [5.74, 6) is 0. The number of hydrogen-bond donors (Lipinski definition) is 2. The van der Waals surface area contributed by atoms with Crippen molar-refractivity contribution in [1.82, 2.24) is 24.9 Å². The normalized spacial score (nSPS) is 20.2. The summed E-state index contributed by atoms with van der Waals surface area (Å²) >= 11 is 0. The zero-order valence-electron chi connectivity index (χ0n) is 24.3. The number of aliphatic hydroxyl groups is 1. The van der Waals surface area contributed by atoms with Crippen molar-refractivity contribution in [1.29, 1.82) is 5.26 Å². The lowest BCUT2D eigenvalue weighted by Crippen LogP contribution is -2.62. The minimum absolute atomic E-state index is 0.364. The summed E-state index contributed by atoms with van der Waals surface area (Å²) < 4.78 is 7.28. The number of fused-ring (bicyclic) bond motifs is 3. The van der Waals surface area contributed by atoms with Gasteiger partial charge in [0.1, 0.15) is 5.60 Å². The van der Waals surface area contributed by atoms with E-state index in [2.05, 4.69) is 21.5 Å². The summed E-state index contributed by atoms with van der Waals surface area (Å²) in [6.07, 6.45) is 1.99. The number of amides is 1. The van der Waals surface area contributed by atoms with E-state index < -0.39 is 22.8 Å². The number of benzene rings is 2. The molecule has 5 aromatic rings. The molecule has 1 saturated carbocycles. The second-order valence-corrected chi connectivity index (χ2v) is 12.4. The molecule has 3 heterocycles. The third kappa shape index (κ3) is 5.06. The quantitative estimate of drug-likeness (QED) is 0.274. The van der Waals surface area contributed by atoms with E-state index >= 15 is 0 Å². The molecule has 0 unspecified atom stereocenters. The van der Waals surface area contributed by atoms with Crippen LogP contribution in [0.25, 0.3) is 39.1 Å². The number of alkyl carbamates (subject to hydrolysis) is 1. The number of carbonyl (C=O) groups is 1. The summed E-state index contributed by atoms with van der Waals surface area (Å²) in [7, 11) is 0. The number of aromatic nitrogens is 4. The van der Waals surface area contributed by atoms with Crippen molar-refractivity contribution in [3.05, 3.63) is 83.7 Å². The number of aryl methyl sites for hydroxylation is 1. The lowest BCUT2D eigenvalue weighted by Gasteiger charge is -2.52. The first kappa shape index (κ1) is 27.4. The van der Waals surface area contributed by atoms with Gasteiger partial charge in [-0.05, 0) is 63.9 Å². The topological polar surface area (TPSA) is 125 Å². The summed E-state index contributed by atoms with van der Waals surface area (Å²) in [6.45, 7) is 9.14. The van der Waals surface area contributed by atoms with Crippen LogP contribution >= 0.6 is 0 Å². The van der Waals surface area contributed by atoms with Crippen LogP contribution in [-0.2, 0) is 10.3 Å². The lowest BCUT2D eigenvalue weighted by atomic mass is 9.62. The van der Waals surface area contributed by atoms with Crippen LogP contribution < -0.4 is 5.32 Å². The van der Waals surface area contributed by atoms with Gasteiger partial charge in [-0.1, -0.05) is 36.4 Å². The van der Waals surface area contributed by atoms with Gasteiger partial charge in [0.2, 0.25) is 0 Å². The maximum atomic E-state index is 12.8. The van der Waals surface area contributed by atoms with Crippen LogP contribution in [-0.4, -0.2) is 42.0 Å². The Balaban J connectivity index is 1.46. The average molecular weight is 561 g/mol. The minimum atomic E-state index is -0.895. The Morgan fingerprint density at radius 3 is 2.50 bits per heavy atom. The van der Waals surface area contributed by atoms with Crippen molar-refractivity contribution in [3.63, 3.8) is 0 Å². The molecule has 9 nitrogen and oxygen atoms in total. The van der Waals surface area contributed by atoms with Crippen LogP contribution in [0.1, 0.15) is 57.4 Å². The molecule has 0 spiro atoms. The van der Waals surface area contributed by atoms with Crippen molar-refractivity contribution in [2.45, 2.75) is 64.2 Å². The van der Waals surface area contributed by atoms with Gasteiger partial charge >= 0.3 is 6.09 Å². The van der Waals surface area contributed by atoms with Gasteiger partial charge in [-0.2, -0.15) is 14.9 Å². The monoisotopic (exact) mass is 560 g/mol. The second-order valence-electron chi connectivity index (χ2n) is 12.4. The van der Waals surface area contributed by atoms with Gasteiger partial charge in [0.15, 0.2) is 11.3 Å². The van der Waals surface area contributed by atoms with E-state index in [1.807, 2.05) is 82.3 Å². The largest absolute Gasteiger partial charge is 0.444 e. The molecular weight excluding hydrogens is 528 g/mol. The van der Waals surface area contributed by atoms with Gasteiger partial charge < -0.3 is 15.2 Å². The lowest BCUT2D eigenvalue weighted by molar-refractivity contribution is -0.0892. The van der Waals surface area contributed by atoms with Gasteiger partial charge in [-0.15, -0.1) is 0 Å². The van der Waals surface area contributed by atoms with Crippen molar-refractivity contribution >= 4 is 22.8 Å². The Hall–Kier alpha value is -4.81. The molecule has 1 amide bonds. The fourth-order valence-corrected chi connectivity index (χ4v) is 5.91. The minimum Gasteiger partial charge on any atom is -0.444 e. The zero-order valence-corrected chi connectivity index (χ0v) is 24.3. The molecule has 42 heavy (non-hydrogen) atoms. The molecule has 0 radical (unpaired) electrons. The highest BCUT2D eigenvalue weighted by molar-refractivity contribution is 5.91. The van der Waals surface area contributed by atoms with E-state index in [-0.39, 0.29) is 0 Å². The number of hydrogen-bond acceptors (Lipinski definition) is 7. The van der Waals surface area contributed by atoms with E-state index in [1.165, 1.54) is 0 Å². The Bertz CT molecular complexity index is 1890. The molecule has 0 saturated heterocycles. The Kier molecular flexibility index (Phi) is 6.28. The van der Waals surface area contributed by atoms with Crippen LogP contribution in [0.3, 0.4) is 0 Å². The Morgan fingerprint density at radius 2 is 1.83 bits per heavy atom. The Morgan fingerprint density at radius 1 is 1.10 bits per heavy atom. The summed E-state index contributed by atoms with van der Waals surface area (Å²) in [4.78, 5) is 22.4. The Labute approximate surface area is 243 Å². The molecule has 1 fully saturated rings. The van der Waals surface area contributed by atoms with Crippen molar-refractivity contribution in [2.24, 2.45) is 0 Å². The molecule has 6 rings (SSSR count). The van der Waals surface area contributed by atoms with Crippen LogP contribution in [0.4, 0.5) is 4.79 Å². The third-order valence-corrected chi connectivity index (χ3v) is 7.50. The molecule has 0 bridgehead atoms. The van der Waals surface area contributed by atoms with Crippen LogP contribution in [0, 0.1) is 18.3 Å². The highest BCUT2D eigenvalue weighted by Gasteiger charge is 2.53. The maximum Gasteiger partial charge on any atom is 0.408 e. The third-order valence-electron chi connectivity index (χ3n) is 7.50. The number of ether oxygens (including phenoxy) is 1. The number of rotatable bonds is 4. The van der Waals surface area contributed by atoms with E-state index in [0.717, 1.165) is 39.0 Å². The predicted octanol–water partition coefficient (Wildman–Crippen LogP) is 6.06. The van der Waals surface area contributed by atoms with Crippen LogP contribution in [0.15, 0.2) is 66.9 Å². The number of carbonyl (C=O) groups excluding carboxylic acids is 1. The van der Waals surface area contributed by atoms with Gasteiger partial charge in [0, 0.05) is 41.6 Å².